The fourth-order valence-electron chi connectivity index (χ4n) is 1.13. The normalized spacial score (nSPS) is 10.0. The molecule has 0 saturated carbocycles. The number of nitrogens with two attached hydrogens (primary N) is 1. The van der Waals surface area contributed by atoms with Gasteiger partial charge in [-0.2, -0.15) is 0 Å². The summed E-state index contributed by atoms with van der Waals surface area (Å²) in [7, 11) is 0. The van der Waals surface area contributed by atoms with Gasteiger partial charge in [0.25, 0.3) is 5.91 Å². The first-order valence-electron chi connectivity index (χ1n) is 3.93. The summed E-state index contributed by atoms with van der Waals surface area (Å²) in [5, 5.41) is 3.70. The lowest BCUT2D eigenvalue weighted by atomic mass is 10.1. The maximum Gasteiger partial charge on any atom is 0.254 e. The van der Waals surface area contributed by atoms with Gasteiger partial charge in [0.05, 0.1) is 0 Å². The van der Waals surface area contributed by atoms with Crippen LogP contribution in [0.15, 0.2) is 35.3 Å². The number of rotatable bonds is 2. The number of hydrogen-bond acceptors (Lipinski definition) is 4. The van der Waals surface area contributed by atoms with Gasteiger partial charge in [-0.15, -0.1) is 0 Å². The van der Waals surface area contributed by atoms with Crippen LogP contribution >= 0.6 is 0 Å². The molecule has 2 rings (SSSR count). The van der Waals surface area contributed by atoms with Crippen molar-refractivity contribution in [1.82, 2.24) is 10.1 Å². The van der Waals surface area contributed by atoms with Crippen molar-refractivity contribution in [1.29, 1.82) is 0 Å². The highest BCUT2D eigenvalue weighted by atomic mass is 16.5. The quantitative estimate of drug-likeness (QED) is 0.758. The van der Waals surface area contributed by atoms with E-state index in [9.17, 15) is 4.79 Å². The predicted molar refractivity (Wildman–Crippen MR) is 48.3 cm³/mol. The molecule has 70 valence electrons. The highest BCUT2D eigenvalue weighted by Crippen LogP contribution is 2.20. The fourth-order valence-corrected chi connectivity index (χ4v) is 1.13. The molecule has 0 aliphatic heterocycles. The van der Waals surface area contributed by atoms with Crippen LogP contribution in [0.1, 0.15) is 10.4 Å². The first-order valence-corrected chi connectivity index (χ1v) is 3.93. The maximum absolute atomic E-state index is 11.0. The zero-order chi connectivity index (χ0) is 9.97. The number of carbonyl (C=O) groups is 1. The summed E-state index contributed by atoms with van der Waals surface area (Å²) in [6.07, 6.45) is 4.45. The molecule has 2 aromatic heterocycles. The highest BCUT2D eigenvalue weighted by molar-refractivity contribution is 5.98. The Morgan fingerprint density at radius 2 is 2.07 bits per heavy atom. The second kappa shape index (κ2) is 3.29. The van der Waals surface area contributed by atoms with Crippen LogP contribution in [0.3, 0.4) is 0 Å². The van der Waals surface area contributed by atoms with Crippen LogP contribution in [0.25, 0.3) is 11.3 Å². The Morgan fingerprint density at radius 1 is 1.36 bits per heavy atom. The van der Waals surface area contributed by atoms with E-state index in [0.717, 1.165) is 5.56 Å². The van der Waals surface area contributed by atoms with Gasteiger partial charge in [0.15, 0.2) is 0 Å². The van der Waals surface area contributed by atoms with Crippen LogP contribution in [0, 0.1) is 0 Å². The minimum atomic E-state index is -0.557. The van der Waals surface area contributed by atoms with Gasteiger partial charge in [0.1, 0.15) is 17.5 Å². The van der Waals surface area contributed by atoms with Crippen LogP contribution in [-0.4, -0.2) is 16.0 Å². The maximum atomic E-state index is 11.0. The molecule has 0 aliphatic carbocycles. The molecule has 2 N–H and O–H groups in total. The number of hydrogen-bond donors (Lipinski definition) is 1. The summed E-state index contributed by atoms with van der Waals surface area (Å²) in [5.74, 6) is -0.557. The minimum absolute atomic E-state index is 0.274. The summed E-state index contributed by atoms with van der Waals surface area (Å²) >= 11 is 0. The van der Waals surface area contributed by atoms with Crippen LogP contribution in [0.4, 0.5) is 0 Å². The zero-order valence-electron chi connectivity index (χ0n) is 7.18. The second-order valence-corrected chi connectivity index (χ2v) is 2.68. The Kier molecular flexibility index (Phi) is 1.98. The predicted octanol–water partition coefficient (Wildman–Crippen LogP) is 0.836. The lowest BCUT2D eigenvalue weighted by Crippen LogP contribution is -2.10. The SMILES string of the molecule is NC(=O)c1conc1-c1ccncc1. The molecule has 0 radical (unpaired) electrons. The third-order valence-electron chi connectivity index (χ3n) is 1.79. The summed E-state index contributed by atoms with van der Waals surface area (Å²) < 4.78 is 4.69. The van der Waals surface area contributed by atoms with Gasteiger partial charge in [-0.3, -0.25) is 9.78 Å². The number of pyridine rings is 1. The molecule has 0 saturated heterocycles. The van der Waals surface area contributed by atoms with E-state index >= 15 is 0 Å². The molecule has 5 heteroatoms. The molecule has 14 heavy (non-hydrogen) atoms. The Balaban J connectivity index is 2.52. The van der Waals surface area contributed by atoms with Crippen LogP contribution in [-0.2, 0) is 0 Å². The van der Waals surface area contributed by atoms with Crippen LogP contribution < -0.4 is 5.73 Å². The van der Waals surface area contributed by atoms with Crippen LogP contribution in [0.2, 0.25) is 0 Å². The standard InChI is InChI=1S/C9H7N3O2/c10-9(13)7-5-14-12-8(7)6-1-3-11-4-2-6/h1-5H,(H2,10,13). The Hall–Kier alpha value is -2.17. The van der Waals surface area contributed by atoms with Crippen molar-refractivity contribution < 1.29 is 9.32 Å². The van der Waals surface area contributed by atoms with E-state index in [1.165, 1.54) is 6.26 Å². The zero-order valence-corrected chi connectivity index (χ0v) is 7.18. The molecule has 1 amide bonds. The molecular weight excluding hydrogens is 182 g/mol. The first-order chi connectivity index (χ1) is 6.79. The minimum Gasteiger partial charge on any atom is -0.365 e. The number of amides is 1. The Bertz CT molecular complexity index is 450. The Morgan fingerprint density at radius 3 is 2.71 bits per heavy atom. The lowest BCUT2D eigenvalue weighted by Gasteiger charge is -1.95. The molecular formula is C9H7N3O2. The van der Waals surface area contributed by atoms with Crippen molar-refractivity contribution in [3.05, 3.63) is 36.4 Å². The fraction of sp³-hybridized carbons (Fsp3) is 0. The molecule has 0 spiro atoms. The molecule has 0 aliphatic rings. The van der Waals surface area contributed by atoms with E-state index in [0.29, 0.717) is 5.69 Å². The molecule has 2 heterocycles. The Labute approximate surface area is 79.5 Å². The number of aromatic nitrogens is 2. The summed E-state index contributed by atoms with van der Waals surface area (Å²) in [6.45, 7) is 0. The van der Waals surface area contributed by atoms with E-state index in [1.807, 2.05) is 0 Å². The van der Waals surface area contributed by atoms with Crippen LogP contribution in [0.5, 0.6) is 0 Å². The summed E-state index contributed by atoms with van der Waals surface area (Å²) in [6, 6.07) is 3.45. The van der Waals surface area contributed by atoms with E-state index in [2.05, 4.69) is 10.1 Å². The largest absolute Gasteiger partial charge is 0.365 e. The monoisotopic (exact) mass is 189 g/mol. The van der Waals surface area contributed by atoms with E-state index in [-0.39, 0.29) is 5.56 Å². The summed E-state index contributed by atoms with van der Waals surface area (Å²) in [4.78, 5) is 14.8. The lowest BCUT2D eigenvalue weighted by molar-refractivity contribution is 0.1000. The average Bonchev–Trinajstić information content (AvgIpc) is 2.67. The van der Waals surface area contributed by atoms with Gasteiger partial charge in [-0.05, 0) is 12.1 Å². The van der Waals surface area contributed by atoms with Crippen molar-refractivity contribution in [2.45, 2.75) is 0 Å². The van der Waals surface area contributed by atoms with E-state index < -0.39 is 5.91 Å². The molecule has 0 bridgehead atoms. The van der Waals surface area contributed by atoms with Gasteiger partial charge >= 0.3 is 0 Å². The number of carbonyl (C=O) groups excluding carboxylic acids is 1. The topological polar surface area (TPSA) is 82.0 Å². The third-order valence-corrected chi connectivity index (χ3v) is 1.79. The average molecular weight is 189 g/mol. The van der Waals surface area contributed by atoms with Gasteiger partial charge < -0.3 is 10.3 Å². The third kappa shape index (κ3) is 1.35. The van der Waals surface area contributed by atoms with Gasteiger partial charge in [0, 0.05) is 18.0 Å². The smallest absolute Gasteiger partial charge is 0.254 e. The molecule has 0 atom stereocenters. The number of primary amides is 1. The number of nitrogens with zero attached hydrogens (tertiary/aromatic N) is 2. The molecule has 0 aromatic carbocycles. The van der Waals surface area contributed by atoms with E-state index in [4.69, 9.17) is 10.3 Å². The molecule has 5 nitrogen and oxygen atoms in total. The van der Waals surface area contributed by atoms with Crippen molar-refractivity contribution in [3.63, 3.8) is 0 Å². The summed E-state index contributed by atoms with van der Waals surface area (Å²) in [5.41, 5.74) is 6.61. The van der Waals surface area contributed by atoms with Crippen molar-refractivity contribution >= 4 is 5.91 Å². The second-order valence-electron chi connectivity index (χ2n) is 2.68. The molecule has 0 fully saturated rings. The highest BCUT2D eigenvalue weighted by Gasteiger charge is 2.13. The first kappa shape index (κ1) is 8.43. The van der Waals surface area contributed by atoms with Gasteiger partial charge in [0.2, 0.25) is 0 Å². The van der Waals surface area contributed by atoms with Crippen molar-refractivity contribution in [2.24, 2.45) is 5.73 Å². The molecule has 2 aromatic rings. The van der Waals surface area contributed by atoms with Crippen molar-refractivity contribution in [2.75, 3.05) is 0 Å². The van der Waals surface area contributed by atoms with Gasteiger partial charge in [-0.25, -0.2) is 0 Å². The van der Waals surface area contributed by atoms with E-state index in [1.54, 1.807) is 24.5 Å². The van der Waals surface area contributed by atoms with Crippen molar-refractivity contribution in [3.8, 4) is 11.3 Å². The molecule has 0 unspecified atom stereocenters. The van der Waals surface area contributed by atoms with Gasteiger partial charge in [-0.1, -0.05) is 5.16 Å².